The molecule has 0 bridgehead atoms. The van der Waals surface area contributed by atoms with Crippen LogP contribution in [0, 0.1) is 0 Å². The van der Waals surface area contributed by atoms with Gasteiger partial charge in [0.15, 0.2) is 0 Å². The third-order valence-corrected chi connectivity index (χ3v) is 3.33. The Morgan fingerprint density at radius 1 is 1.32 bits per heavy atom. The minimum Gasteiger partial charge on any atom is -0.358 e. The third-order valence-electron chi connectivity index (χ3n) is 3.33. The van der Waals surface area contributed by atoms with Crippen molar-refractivity contribution in [3.8, 4) is 0 Å². The Bertz CT molecular complexity index is 424. The summed E-state index contributed by atoms with van der Waals surface area (Å²) in [5, 5.41) is 6.05. The van der Waals surface area contributed by atoms with Crippen molar-refractivity contribution in [2.75, 3.05) is 33.2 Å². The zero-order valence-corrected chi connectivity index (χ0v) is 11.3. The number of nitrogens with zero attached hydrogens (tertiary/aromatic N) is 1. The van der Waals surface area contributed by atoms with Gasteiger partial charge in [-0.05, 0) is 5.56 Å². The van der Waals surface area contributed by atoms with Crippen LogP contribution in [0.3, 0.4) is 0 Å². The highest BCUT2D eigenvalue weighted by Gasteiger charge is 2.23. The van der Waals surface area contributed by atoms with Crippen molar-refractivity contribution in [1.82, 2.24) is 15.5 Å². The Morgan fingerprint density at radius 2 is 2.00 bits per heavy atom. The lowest BCUT2D eigenvalue weighted by molar-refractivity contribution is -0.124. The summed E-state index contributed by atoms with van der Waals surface area (Å²) >= 11 is 0. The zero-order valence-electron chi connectivity index (χ0n) is 11.3. The van der Waals surface area contributed by atoms with Gasteiger partial charge in [-0.25, -0.2) is 0 Å². The Labute approximate surface area is 114 Å². The summed E-state index contributed by atoms with van der Waals surface area (Å²) in [6.45, 7) is 3.67. The number of likely N-dealkylation sites (N-methyl/N-ethyl adjacent to an activating group) is 1. The molecule has 1 aliphatic heterocycles. The van der Waals surface area contributed by atoms with Crippen molar-refractivity contribution in [2.45, 2.75) is 6.04 Å². The second-order valence-corrected chi connectivity index (χ2v) is 4.61. The first-order valence-corrected chi connectivity index (χ1v) is 6.71. The first kappa shape index (κ1) is 13.8. The zero-order chi connectivity index (χ0) is 13.5. The maximum absolute atomic E-state index is 12.0. The summed E-state index contributed by atoms with van der Waals surface area (Å²) in [6.07, 6.45) is 4.00. The molecule has 1 unspecified atom stereocenters. The summed E-state index contributed by atoms with van der Waals surface area (Å²) in [7, 11) is 1.69. The van der Waals surface area contributed by atoms with Crippen molar-refractivity contribution in [2.24, 2.45) is 0 Å². The van der Waals surface area contributed by atoms with Gasteiger partial charge in [-0.3, -0.25) is 9.69 Å². The van der Waals surface area contributed by atoms with Crippen LogP contribution in [-0.2, 0) is 4.79 Å². The molecule has 1 amide bonds. The van der Waals surface area contributed by atoms with E-state index in [1.807, 2.05) is 42.5 Å². The minimum absolute atomic E-state index is 0.0501. The van der Waals surface area contributed by atoms with Crippen LogP contribution in [-0.4, -0.2) is 50.1 Å². The largest absolute Gasteiger partial charge is 0.358 e. The van der Waals surface area contributed by atoms with Crippen molar-refractivity contribution in [3.63, 3.8) is 0 Å². The topological polar surface area (TPSA) is 44.4 Å². The summed E-state index contributed by atoms with van der Waals surface area (Å²) in [6, 6.07) is 9.87. The SMILES string of the molecule is CNC(=O)C(/C=C/c1ccccc1)N1CCNCC1. The fraction of sp³-hybridized carbons (Fsp3) is 0.400. The van der Waals surface area contributed by atoms with Crippen LogP contribution < -0.4 is 10.6 Å². The maximum atomic E-state index is 12.0. The lowest BCUT2D eigenvalue weighted by atomic mass is 10.1. The molecule has 4 heteroatoms. The van der Waals surface area contributed by atoms with Crippen molar-refractivity contribution in [1.29, 1.82) is 0 Å². The molecule has 0 radical (unpaired) electrons. The van der Waals surface area contributed by atoms with Gasteiger partial charge in [-0.2, -0.15) is 0 Å². The van der Waals surface area contributed by atoms with Crippen molar-refractivity contribution < 1.29 is 4.79 Å². The molecule has 0 aromatic heterocycles. The predicted molar refractivity (Wildman–Crippen MR) is 77.8 cm³/mol. The molecule has 1 aromatic rings. The van der Waals surface area contributed by atoms with Crippen LogP contribution in [0.1, 0.15) is 5.56 Å². The molecule has 1 atom stereocenters. The monoisotopic (exact) mass is 259 g/mol. The highest BCUT2D eigenvalue weighted by Crippen LogP contribution is 2.08. The van der Waals surface area contributed by atoms with Crippen LogP contribution in [0.25, 0.3) is 6.08 Å². The number of hydrogen-bond donors (Lipinski definition) is 2. The van der Waals surface area contributed by atoms with Crippen LogP contribution in [0.5, 0.6) is 0 Å². The lowest BCUT2D eigenvalue weighted by Gasteiger charge is -2.32. The second kappa shape index (κ2) is 7.07. The molecule has 1 fully saturated rings. The molecule has 1 saturated heterocycles. The average molecular weight is 259 g/mol. The summed E-state index contributed by atoms with van der Waals surface area (Å²) < 4.78 is 0. The number of carbonyl (C=O) groups excluding carboxylic acids is 1. The Kier molecular flexibility index (Phi) is 5.12. The predicted octanol–water partition coefficient (Wildman–Crippen LogP) is 0.720. The number of nitrogens with one attached hydrogen (secondary N) is 2. The van der Waals surface area contributed by atoms with Crippen LogP contribution >= 0.6 is 0 Å². The Balaban J connectivity index is 2.09. The van der Waals surface area contributed by atoms with E-state index in [1.54, 1.807) is 7.05 Å². The quantitative estimate of drug-likeness (QED) is 0.837. The van der Waals surface area contributed by atoms with Gasteiger partial charge >= 0.3 is 0 Å². The van der Waals surface area contributed by atoms with E-state index in [1.165, 1.54) is 0 Å². The molecule has 19 heavy (non-hydrogen) atoms. The number of piperazine rings is 1. The first-order chi connectivity index (χ1) is 9.31. The number of benzene rings is 1. The van der Waals surface area contributed by atoms with E-state index >= 15 is 0 Å². The van der Waals surface area contributed by atoms with Crippen molar-refractivity contribution in [3.05, 3.63) is 42.0 Å². The summed E-state index contributed by atoms with van der Waals surface area (Å²) in [5.41, 5.74) is 1.12. The van der Waals surface area contributed by atoms with E-state index in [4.69, 9.17) is 0 Å². The van der Waals surface area contributed by atoms with Gasteiger partial charge in [0, 0.05) is 33.2 Å². The summed E-state index contributed by atoms with van der Waals surface area (Å²) in [5.74, 6) is 0.0501. The van der Waals surface area contributed by atoms with Gasteiger partial charge in [0.1, 0.15) is 6.04 Å². The van der Waals surface area contributed by atoms with E-state index in [2.05, 4.69) is 15.5 Å². The highest BCUT2D eigenvalue weighted by atomic mass is 16.2. The molecular weight excluding hydrogens is 238 g/mol. The molecular formula is C15H21N3O. The third kappa shape index (κ3) is 3.91. The number of amides is 1. The van der Waals surface area contributed by atoms with Crippen molar-refractivity contribution >= 4 is 12.0 Å². The fourth-order valence-electron chi connectivity index (χ4n) is 2.25. The number of carbonyl (C=O) groups is 1. The first-order valence-electron chi connectivity index (χ1n) is 6.71. The second-order valence-electron chi connectivity index (χ2n) is 4.61. The lowest BCUT2D eigenvalue weighted by Crippen LogP contribution is -2.52. The summed E-state index contributed by atoms with van der Waals surface area (Å²) in [4.78, 5) is 14.2. The molecule has 1 aliphatic rings. The van der Waals surface area contributed by atoms with Gasteiger partial charge in [-0.1, -0.05) is 42.5 Å². The van der Waals surface area contributed by atoms with Crippen LogP contribution in [0.2, 0.25) is 0 Å². The smallest absolute Gasteiger partial charge is 0.241 e. The van der Waals surface area contributed by atoms with E-state index in [9.17, 15) is 4.79 Å². The molecule has 1 aromatic carbocycles. The molecule has 0 aliphatic carbocycles. The normalized spacial score (nSPS) is 18.4. The van der Waals surface area contributed by atoms with Gasteiger partial charge in [0.25, 0.3) is 0 Å². The number of hydrogen-bond acceptors (Lipinski definition) is 3. The van der Waals surface area contributed by atoms with Crippen LogP contribution in [0.4, 0.5) is 0 Å². The number of rotatable bonds is 4. The average Bonchev–Trinajstić information content (AvgIpc) is 2.49. The Morgan fingerprint density at radius 3 is 2.63 bits per heavy atom. The molecule has 1 heterocycles. The molecule has 102 valence electrons. The standard InChI is InChI=1S/C15H21N3O/c1-16-15(19)14(18-11-9-17-10-12-18)8-7-13-5-3-2-4-6-13/h2-8,14,17H,9-12H2,1H3,(H,16,19)/b8-7+. The highest BCUT2D eigenvalue weighted by molar-refractivity contribution is 5.84. The van der Waals surface area contributed by atoms with Gasteiger partial charge in [0.05, 0.1) is 0 Å². The minimum atomic E-state index is -0.188. The van der Waals surface area contributed by atoms with Gasteiger partial charge < -0.3 is 10.6 Å². The Hall–Kier alpha value is -1.65. The van der Waals surface area contributed by atoms with E-state index in [0.29, 0.717) is 0 Å². The fourth-order valence-corrected chi connectivity index (χ4v) is 2.25. The van der Waals surface area contributed by atoms with Crippen LogP contribution in [0.15, 0.2) is 36.4 Å². The maximum Gasteiger partial charge on any atom is 0.241 e. The molecule has 4 nitrogen and oxygen atoms in total. The van der Waals surface area contributed by atoms with E-state index < -0.39 is 0 Å². The van der Waals surface area contributed by atoms with Gasteiger partial charge in [0.2, 0.25) is 5.91 Å². The van der Waals surface area contributed by atoms with E-state index in [-0.39, 0.29) is 11.9 Å². The molecule has 2 rings (SSSR count). The molecule has 0 spiro atoms. The van der Waals surface area contributed by atoms with Gasteiger partial charge in [-0.15, -0.1) is 0 Å². The molecule has 0 saturated carbocycles. The molecule has 2 N–H and O–H groups in total. The van der Waals surface area contributed by atoms with E-state index in [0.717, 1.165) is 31.7 Å².